The number of anilines is 1. The molecular weight excluding hydrogens is 338 g/mol. The fraction of sp³-hybridized carbons (Fsp3) is 0.267. The first-order valence-corrected chi connectivity index (χ1v) is 7.52. The number of hydrogen-bond acceptors (Lipinski definition) is 3. The van der Waals surface area contributed by atoms with Crippen molar-refractivity contribution in [1.29, 1.82) is 0 Å². The van der Waals surface area contributed by atoms with E-state index in [1.165, 1.54) is 0 Å². The molecule has 106 valence electrons. The SMILES string of the molecule is CC(c1cccc(Cl)c1)N(C)c1ncc(Br)cc1CN. The van der Waals surface area contributed by atoms with Gasteiger partial charge in [-0.3, -0.25) is 0 Å². The number of halogens is 2. The summed E-state index contributed by atoms with van der Waals surface area (Å²) in [6, 6.07) is 10.0. The van der Waals surface area contributed by atoms with Crippen molar-refractivity contribution in [2.24, 2.45) is 5.73 Å². The van der Waals surface area contributed by atoms with Crippen LogP contribution in [0.15, 0.2) is 41.0 Å². The molecule has 1 unspecified atom stereocenters. The van der Waals surface area contributed by atoms with E-state index in [0.29, 0.717) is 6.54 Å². The summed E-state index contributed by atoms with van der Waals surface area (Å²) in [5, 5.41) is 0.741. The number of rotatable bonds is 4. The van der Waals surface area contributed by atoms with Gasteiger partial charge < -0.3 is 10.6 Å². The van der Waals surface area contributed by atoms with E-state index in [2.05, 4.69) is 38.8 Å². The molecule has 1 aromatic carbocycles. The zero-order valence-corrected chi connectivity index (χ0v) is 13.8. The Kier molecular flexibility index (Phi) is 5.02. The highest BCUT2D eigenvalue weighted by Gasteiger charge is 2.16. The Hall–Kier alpha value is -1.10. The predicted octanol–water partition coefficient (Wildman–Crippen LogP) is 4.15. The average molecular weight is 355 g/mol. The highest BCUT2D eigenvalue weighted by molar-refractivity contribution is 9.10. The van der Waals surface area contributed by atoms with Crippen LogP contribution in [-0.2, 0) is 6.54 Å². The summed E-state index contributed by atoms with van der Waals surface area (Å²) in [7, 11) is 2.01. The van der Waals surface area contributed by atoms with E-state index in [1.54, 1.807) is 6.20 Å². The second kappa shape index (κ2) is 6.57. The van der Waals surface area contributed by atoms with Crippen LogP contribution in [0.1, 0.15) is 24.1 Å². The molecule has 0 aliphatic carbocycles. The highest BCUT2D eigenvalue weighted by atomic mass is 79.9. The van der Waals surface area contributed by atoms with Crippen LogP contribution < -0.4 is 10.6 Å². The molecule has 2 aromatic rings. The molecule has 2 N–H and O–H groups in total. The maximum absolute atomic E-state index is 6.06. The Balaban J connectivity index is 2.33. The smallest absolute Gasteiger partial charge is 0.133 e. The Morgan fingerprint density at radius 3 is 2.80 bits per heavy atom. The minimum absolute atomic E-state index is 0.160. The van der Waals surface area contributed by atoms with Crippen molar-refractivity contribution in [3.8, 4) is 0 Å². The molecule has 0 saturated heterocycles. The lowest BCUT2D eigenvalue weighted by Gasteiger charge is -2.28. The second-order valence-electron chi connectivity index (χ2n) is 4.68. The molecule has 1 aromatic heterocycles. The largest absolute Gasteiger partial charge is 0.353 e. The molecule has 1 atom stereocenters. The van der Waals surface area contributed by atoms with E-state index in [9.17, 15) is 0 Å². The Bertz CT molecular complexity index is 603. The number of aromatic nitrogens is 1. The lowest BCUT2D eigenvalue weighted by atomic mass is 10.1. The molecule has 0 bridgehead atoms. The molecule has 0 saturated carbocycles. The molecule has 0 spiro atoms. The van der Waals surface area contributed by atoms with Crippen molar-refractivity contribution in [1.82, 2.24) is 4.98 Å². The maximum atomic E-state index is 6.06. The van der Waals surface area contributed by atoms with Gasteiger partial charge in [0.1, 0.15) is 5.82 Å². The highest BCUT2D eigenvalue weighted by Crippen LogP contribution is 2.28. The standard InChI is InChI=1S/C15H17BrClN3/c1-10(11-4-3-5-14(17)7-11)20(2)15-12(8-18)6-13(16)9-19-15/h3-7,9-10H,8,18H2,1-2H3. The molecule has 0 aliphatic rings. The second-order valence-corrected chi connectivity index (χ2v) is 6.03. The Morgan fingerprint density at radius 1 is 1.40 bits per heavy atom. The number of nitrogens with zero attached hydrogens (tertiary/aromatic N) is 2. The van der Waals surface area contributed by atoms with Gasteiger partial charge in [0.2, 0.25) is 0 Å². The van der Waals surface area contributed by atoms with E-state index in [4.69, 9.17) is 17.3 Å². The van der Waals surface area contributed by atoms with E-state index in [1.807, 2.05) is 31.3 Å². The third-order valence-electron chi connectivity index (χ3n) is 3.38. The summed E-state index contributed by atoms with van der Waals surface area (Å²) in [5.74, 6) is 0.892. The minimum atomic E-state index is 0.160. The van der Waals surface area contributed by atoms with Crippen LogP contribution in [-0.4, -0.2) is 12.0 Å². The number of benzene rings is 1. The van der Waals surface area contributed by atoms with Crippen molar-refractivity contribution in [2.75, 3.05) is 11.9 Å². The minimum Gasteiger partial charge on any atom is -0.353 e. The van der Waals surface area contributed by atoms with Crippen LogP contribution in [0.4, 0.5) is 5.82 Å². The van der Waals surface area contributed by atoms with Crippen LogP contribution in [0.2, 0.25) is 5.02 Å². The van der Waals surface area contributed by atoms with Gasteiger partial charge in [-0.15, -0.1) is 0 Å². The quantitative estimate of drug-likeness (QED) is 0.896. The summed E-state index contributed by atoms with van der Waals surface area (Å²) in [4.78, 5) is 6.60. The molecule has 20 heavy (non-hydrogen) atoms. The van der Waals surface area contributed by atoms with Crippen molar-refractivity contribution in [3.05, 3.63) is 57.2 Å². The molecule has 2 rings (SSSR count). The average Bonchev–Trinajstić information content (AvgIpc) is 2.45. The van der Waals surface area contributed by atoms with E-state index in [-0.39, 0.29) is 6.04 Å². The summed E-state index contributed by atoms with van der Waals surface area (Å²) < 4.78 is 0.936. The van der Waals surface area contributed by atoms with Gasteiger partial charge in [-0.25, -0.2) is 4.98 Å². The first-order chi connectivity index (χ1) is 9.52. The van der Waals surface area contributed by atoms with Crippen molar-refractivity contribution < 1.29 is 0 Å². The van der Waals surface area contributed by atoms with Gasteiger partial charge in [0, 0.05) is 34.8 Å². The molecule has 3 nitrogen and oxygen atoms in total. The molecule has 0 radical (unpaired) electrons. The van der Waals surface area contributed by atoms with Crippen molar-refractivity contribution >= 4 is 33.3 Å². The normalized spacial score (nSPS) is 12.2. The zero-order chi connectivity index (χ0) is 14.7. The number of hydrogen-bond donors (Lipinski definition) is 1. The molecule has 0 fully saturated rings. The third kappa shape index (κ3) is 3.32. The topological polar surface area (TPSA) is 42.2 Å². The summed E-state index contributed by atoms with van der Waals surface area (Å²) in [6.07, 6.45) is 1.79. The van der Waals surface area contributed by atoms with Gasteiger partial charge in [0.25, 0.3) is 0 Å². The number of pyridine rings is 1. The van der Waals surface area contributed by atoms with Gasteiger partial charge in [-0.1, -0.05) is 23.7 Å². The first kappa shape index (κ1) is 15.3. The van der Waals surface area contributed by atoms with Gasteiger partial charge >= 0.3 is 0 Å². The molecular formula is C15H17BrClN3. The zero-order valence-electron chi connectivity index (χ0n) is 11.5. The van der Waals surface area contributed by atoms with Gasteiger partial charge in [0.05, 0.1) is 6.04 Å². The van der Waals surface area contributed by atoms with Gasteiger partial charge in [-0.2, -0.15) is 0 Å². The number of nitrogens with two attached hydrogens (primary N) is 1. The van der Waals surface area contributed by atoms with Gasteiger partial charge in [0.15, 0.2) is 0 Å². The third-order valence-corrected chi connectivity index (χ3v) is 4.04. The lowest BCUT2D eigenvalue weighted by molar-refractivity contribution is 0.722. The summed E-state index contributed by atoms with van der Waals surface area (Å²) in [6.45, 7) is 2.57. The fourth-order valence-corrected chi connectivity index (χ4v) is 2.69. The molecule has 5 heteroatoms. The lowest BCUT2D eigenvalue weighted by Crippen LogP contribution is -2.24. The van der Waals surface area contributed by atoms with Crippen LogP contribution in [0.25, 0.3) is 0 Å². The monoisotopic (exact) mass is 353 g/mol. The van der Waals surface area contributed by atoms with Crippen molar-refractivity contribution in [3.63, 3.8) is 0 Å². The molecule has 0 aliphatic heterocycles. The van der Waals surface area contributed by atoms with E-state index >= 15 is 0 Å². The molecule has 0 amide bonds. The fourth-order valence-electron chi connectivity index (χ4n) is 2.12. The maximum Gasteiger partial charge on any atom is 0.133 e. The van der Waals surface area contributed by atoms with Crippen LogP contribution in [0.3, 0.4) is 0 Å². The van der Waals surface area contributed by atoms with Crippen LogP contribution in [0, 0.1) is 0 Å². The van der Waals surface area contributed by atoms with Crippen molar-refractivity contribution in [2.45, 2.75) is 19.5 Å². The van der Waals surface area contributed by atoms with Crippen LogP contribution >= 0.6 is 27.5 Å². The Morgan fingerprint density at radius 2 is 2.15 bits per heavy atom. The van der Waals surface area contributed by atoms with E-state index < -0.39 is 0 Å². The van der Waals surface area contributed by atoms with E-state index in [0.717, 1.165) is 26.4 Å². The summed E-state index contributed by atoms with van der Waals surface area (Å²) in [5.41, 5.74) is 7.97. The van der Waals surface area contributed by atoms with Crippen LogP contribution in [0.5, 0.6) is 0 Å². The summed E-state index contributed by atoms with van der Waals surface area (Å²) >= 11 is 9.48. The molecule has 1 heterocycles. The van der Waals surface area contributed by atoms with Gasteiger partial charge in [-0.05, 0) is 46.6 Å². The Labute approximate surface area is 132 Å². The predicted molar refractivity (Wildman–Crippen MR) is 88.1 cm³/mol. The first-order valence-electron chi connectivity index (χ1n) is 6.35.